The van der Waals surface area contributed by atoms with Crippen LogP contribution in [0.4, 0.5) is 9.59 Å². The van der Waals surface area contributed by atoms with Crippen molar-refractivity contribution in [1.82, 2.24) is 16.0 Å². The minimum Gasteiger partial charge on any atom is -0.485 e. The highest BCUT2D eigenvalue weighted by Crippen LogP contribution is 2.53. The van der Waals surface area contributed by atoms with Gasteiger partial charge in [0, 0.05) is 13.0 Å². The molecule has 0 bridgehead atoms. The van der Waals surface area contributed by atoms with E-state index >= 15 is 0 Å². The third-order valence-corrected chi connectivity index (χ3v) is 12.7. The van der Waals surface area contributed by atoms with E-state index in [1.165, 1.54) is 6.07 Å². The van der Waals surface area contributed by atoms with Crippen LogP contribution < -0.4 is 25.2 Å². The summed E-state index contributed by atoms with van der Waals surface area (Å²) in [7, 11) is -4.38. The van der Waals surface area contributed by atoms with Crippen molar-refractivity contribution in [3.05, 3.63) is 239 Å². The van der Waals surface area contributed by atoms with E-state index in [9.17, 15) is 23.7 Å². The van der Waals surface area contributed by atoms with Crippen LogP contribution in [0.25, 0.3) is 0 Å². The van der Waals surface area contributed by atoms with Crippen LogP contribution in [0.5, 0.6) is 11.5 Å². The predicted octanol–water partition coefficient (Wildman–Crippen LogP) is 11.3. The second-order valence-corrected chi connectivity index (χ2v) is 18.8. The number of carbonyl (C=O) groups excluding carboxylic acids is 4. The molecule has 0 fully saturated rings. The highest BCUT2D eigenvalue weighted by Gasteiger charge is 2.32. The monoisotopic (exact) mass is 1030 g/mol. The van der Waals surface area contributed by atoms with Crippen LogP contribution >= 0.6 is 7.82 Å². The van der Waals surface area contributed by atoms with Gasteiger partial charge in [0.2, 0.25) is 5.91 Å². The number of unbranched alkanes of at least 4 members (excludes halogenated alkanes) is 1. The van der Waals surface area contributed by atoms with Gasteiger partial charge in [-0.3, -0.25) is 13.8 Å². The molecule has 0 saturated heterocycles. The molecule has 7 aromatic carbocycles. The zero-order valence-electron chi connectivity index (χ0n) is 41.3. The van der Waals surface area contributed by atoms with Crippen LogP contribution in [0.1, 0.15) is 58.2 Å². The lowest BCUT2D eigenvalue weighted by atomic mass is 10.0. The smallest absolute Gasteiger partial charge is 0.485 e. The zero-order valence-corrected chi connectivity index (χ0v) is 42.2. The summed E-state index contributed by atoms with van der Waals surface area (Å²) in [5, 5.41) is 8.25. The Kier molecular flexibility index (Phi) is 21.4. The Bertz CT molecular complexity index is 2840. The van der Waals surface area contributed by atoms with Gasteiger partial charge in [0.15, 0.2) is 11.5 Å². The number of hydrogen-bond acceptors (Lipinski definition) is 12. The molecule has 7 aromatic rings. The number of nitrogens with one attached hydrogen (secondary N) is 3. The van der Waals surface area contributed by atoms with Gasteiger partial charge in [0.05, 0.1) is 13.2 Å². The maximum Gasteiger partial charge on any atom is 0.530 e. The van der Waals surface area contributed by atoms with E-state index in [0.717, 1.165) is 33.4 Å². The van der Waals surface area contributed by atoms with Crippen molar-refractivity contribution in [1.29, 1.82) is 0 Å². The molecule has 0 aliphatic rings. The summed E-state index contributed by atoms with van der Waals surface area (Å²) in [6.07, 6.45) is -0.656. The fraction of sp³-hybridized carbons (Fsp3) is 0.220. The molecule has 0 spiro atoms. The van der Waals surface area contributed by atoms with Crippen molar-refractivity contribution in [3.8, 4) is 11.5 Å². The number of alkyl carbamates (subject to hydrolysis) is 2. The Balaban J connectivity index is 1.11. The molecule has 75 heavy (non-hydrogen) atoms. The number of hydrogen-bond donors (Lipinski definition) is 3. The van der Waals surface area contributed by atoms with E-state index < -0.39 is 44.0 Å². The third kappa shape index (κ3) is 19.3. The molecule has 0 aliphatic carbocycles. The third-order valence-electron chi connectivity index (χ3n) is 11.4. The molecule has 16 heteroatoms. The van der Waals surface area contributed by atoms with E-state index in [1.54, 1.807) is 24.3 Å². The van der Waals surface area contributed by atoms with Gasteiger partial charge < -0.3 is 39.4 Å². The minimum atomic E-state index is -4.38. The van der Waals surface area contributed by atoms with Gasteiger partial charge in [-0.15, -0.1) is 0 Å². The summed E-state index contributed by atoms with van der Waals surface area (Å²) in [5.74, 6) is -1.25. The normalized spacial score (nSPS) is 11.8. The fourth-order valence-corrected chi connectivity index (χ4v) is 8.60. The zero-order chi connectivity index (χ0) is 52.3. The molecule has 0 saturated carbocycles. The standard InChI is InChI=1S/C59H60N3O12P/c63-56(61-52(57(64)69-40-46-23-9-2-10-24-46)33-19-20-36-60-58(65)70-41-47-25-11-3-12-26-47)53(62-59(66)71-42-48-27-13-4-14-28-48)37-51-34-35-54(55(38-51)68-39-45-21-7-1-8-22-45)74-75(67,72-43-49-29-15-5-16-30-49)73-44-50-31-17-6-18-32-50/h1-18,21-32,34-35,38,52-53H,19-20,33,36-37,39-44H2,(H,60,65)(H,61,63)(H,62,66)/t52-,53-/m0/s1. The van der Waals surface area contributed by atoms with E-state index in [0.29, 0.717) is 18.4 Å². The Hall–Kier alpha value is -8.23. The molecule has 7 rings (SSSR count). The van der Waals surface area contributed by atoms with Crippen molar-refractivity contribution >= 4 is 31.9 Å². The first-order chi connectivity index (χ1) is 36.7. The van der Waals surface area contributed by atoms with Crippen LogP contribution in [0, 0.1) is 0 Å². The number of ether oxygens (including phenoxy) is 4. The molecular weight excluding hydrogens is 974 g/mol. The SMILES string of the molecule is O=C(NCCCC[C@H](NC(=O)[C@H](Cc1ccc(OP(=O)(OCc2ccccc2)OCc2ccccc2)c(OCc2ccccc2)c1)NC(=O)OCc1ccccc1)C(=O)OCc1ccccc1)OCc1ccccc1. The summed E-state index contributed by atoms with van der Waals surface area (Å²) in [6, 6.07) is 57.5. The highest BCUT2D eigenvalue weighted by atomic mass is 31.2. The van der Waals surface area contributed by atoms with Gasteiger partial charge >= 0.3 is 26.0 Å². The van der Waals surface area contributed by atoms with Crippen LogP contribution in [-0.2, 0) is 83.5 Å². The number of phosphoric ester groups is 1. The molecule has 0 radical (unpaired) electrons. The number of rotatable bonds is 28. The average Bonchev–Trinajstić information content (AvgIpc) is 3.45. The molecule has 388 valence electrons. The molecular formula is C59H60N3O12P. The van der Waals surface area contributed by atoms with Crippen LogP contribution in [0.15, 0.2) is 200 Å². The second-order valence-electron chi connectivity index (χ2n) is 17.2. The molecule has 0 aromatic heterocycles. The Labute approximate surface area is 437 Å². The lowest BCUT2D eigenvalue weighted by molar-refractivity contribution is -0.149. The molecule has 2 atom stereocenters. The van der Waals surface area contributed by atoms with Crippen molar-refractivity contribution in [2.24, 2.45) is 0 Å². The first-order valence-electron chi connectivity index (χ1n) is 24.6. The second kappa shape index (κ2) is 29.5. The van der Waals surface area contributed by atoms with Crippen molar-refractivity contribution in [2.45, 2.75) is 77.4 Å². The maximum atomic E-state index is 14.6. The van der Waals surface area contributed by atoms with Crippen molar-refractivity contribution in [2.75, 3.05) is 6.54 Å². The van der Waals surface area contributed by atoms with Gasteiger partial charge in [-0.05, 0) is 70.3 Å². The van der Waals surface area contributed by atoms with Gasteiger partial charge in [-0.25, -0.2) is 18.9 Å². The molecule has 3 N–H and O–H groups in total. The molecule has 0 unspecified atom stereocenters. The van der Waals surface area contributed by atoms with Gasteiger partial charge in [-0.2, -0.15) is 0 Å². The molecule has 0 heterocycles. The highest BCUT2D eigenvalue weighted by molar-refractivity contribution is 7.48. The summed E-state index contributed by atoms with van der Waals surface area (Å²) in [6.45, 7) is 0.130. The summed E-state index contributed by atoms with van der Waals surface area (Å²) >= 11 is 0. The van der Waals surface area contributed by atoms with E-state index in [4.69, 9.17) is 32.5 Å². The Morgan fingerprint density at radius 2 is 0.867 bits per heavy atom. The summed E-state index contributed by atoms with van der Waals surface area (Å²) in [4.78, 5) is 54.4. The van der Waals surface area contributed by atoms with Crippen LogP contribution in [-0.4, -0.2) is 42.7 Å². The quantitative estimate of drug-likeness (QED) is 0.0183. The van der Waals surface area contributed by atoms with Crippen LogP contribution in [0.3, 0.4) is 0 Å². The fourth-order valence-electron chi connectivity index (χ4n) is 7.41. The van der Waals surface area contributed by atoms with Crippen molar-refractivity contribution < 1.29 is 56.3 Å². The van der Waals surface area contributed by atoms with E-state index in [-0.39, 0.29) is 70.5 Å². The number of phosphoric acid groups is 1. The number of benzene rings is 7. The largest absolute Gasteiger partial charge is 0.530 e. The summed E-state index contributed by atoms with van der Waals surface area (Å²) < 4.78 is 55.6. The first-order valence-corrected chi connectivity index (χ1v) is 26.0. The average molecular weight is 1030 g/mol. The number of carbonyl (C=O) groups is 4. The number of amides is 3. The Morgan fingerprint density at radius 1 is 0.427 bits per heavy atom. The van der Waals surface area contributed by atoms with Gasteiger partial charge in [0.25, 0.3) is 0 Å². The minimum absolute atomic E-state index is 0.0236. The Morgan fingerprint density at radius 3 is 1.36 bits per heavy atom. The van der Waals surface area contributed by atoms with Gasteiger partial charge in [0.1, 0.15) is 38.5 Å². The predicted molar refractivity (Wildman–Crippen MR) is 282 cm³/mol. The summed E-state index contributed by atoms with van der Waals surface area (Å²) in [5.41, 5.74) is 5.09. The van der Waals surface area contributed by atoms with Crippen molar-refractivity contribution in [3.63, 3.8) is 0 Å². The first kappa shape index (κ1) is 54.5. The van der Waals surface area contributed by atoms with Crippen LogP contribution in [0.2, 0.25) is 0 Å². The van der Waals surface area contributed by atoms with E-state index in [1.807, 2.05) is 170 Å². The number of esters is 1. The molecule has 0 aliphatic heterocycles. The van der Waals surface area contributed by atoms with E-state index in [2.05, 4.69) is 16.0 Å². The molecule has 3 amide bonds. The lowest BCUT2D eigenvalue weighted by Gasteiger charge is -2.24. The lowest BCUT2D eigenvalue weighted by Crippen LogP contribution is -2.52. The maximum absolute atomic E-state index is 14.6. The topological polar surface area (TPSA) is 186 Å². The van der Waals surface area contributed by atoms with Gasteiger partial charge in [-0.1, -0.05) is 188 Å². The molecule has 15 nitrogen and oxygen atoms in total.